The third-order valence-corrected chi connectivity index (χ3v) is 10.9. The van der Waals surface area contributed by atoms with Gasteiger partial charge in [0.05, 0.1) is 38.6 Å². The molecule has 6 heteroatoms. The van der Waals surface area contributed by atoms with Crippen LogP contribution in [0.4, 0.5) is 0 Å². The van der Waals surface area contributed by atoms with E-state index < -0.39 is 0 Å². The van der Waals surface area contributed by atoms with E-state index >= 15 is 0 Å². The summed E-state index contributed by atoms with van der Waals surface area (Å²) in [6.07, 6.45) is 0.406. The van der Waals surface area contributed by atoms with Gasteiger partial charge in [-0.05, 0) is 63.9 Å². The number of rotatable bonds is 13. The minimum atomic E-state index is -0.375. The number of benzene rings is 5. The van der Waals surface area contributed by atoms with Crippen molar-refractivity contribution in [3.05, 3.63) is 176 Å². The van der Waals surface area contributed by atoms with Gasteiger partial charge in [0.2, 0.25) is 0 Å². The molecule has 0 aliphatic carbocycles. The highest BCUT2D eigenvalue weighted by Crippen LogP contribution is 2.41. The summed E-state index contributed by atoms with van der Waals surface area (Å²) in [7, 11) is 0. The SMILES string of the molecule is Cc1cc(Br)c([C@@H]2O[C@H](COCc3ccccc3)C[C@H](OCc3ccccc3)[C@H]2OCc2ccccc2)cc1Cc1cc2ccccc2s1. The predicted molar refractivity (Wildman–Crippen MR) is 202 cm³/mol. The zero-order chi connectivity index (χ0) is 33.4. The van der Waals surface area contributed by atoms with Crippen molar-refractivity contribution in [2.24, 2.45) is 0 Å². The van der Waals surface area contributed by atoms with Gasteiger partial charge in [0.15, 0.2) is 0 Å². The molecule has 2 heterocycles. The van der Waals surface area contributed by atoms with Crippen LogP contribution in [0.15, 0.2) is 138 Å². The zero-order valence-corrected chi connectivity index (χ0v) is 30.1. The average molecular weight is 734 g/mol. The first kappa shape index (κ1) is 33.9. The van der Waals surface area contributed by atoms with Crippen LogP contribution < -0.4 is 0 Å². The van der Waals surface area contributed by atoms with Crippen LogP contribution in [0, 0.1) is 6.92 Å². The van der Waals surface area contributed by atoms with Crippen molar-refractivity contribution in [1.82, 2.24) is 0 Å². The van der Waals surface area contributed by atoms with Gasteiger partial charge in [-0.25, -0.2) is 0 Å². The van der Waals surface area contributed by atoms with Gasteiger partial charge in [0, 0.05) is 26.9 Å². The highest BCUT2D eigenvalue weighted by Gasteiger charge is 2.42. The lowest BCUT2D eigenvalue weighted by Gasteiger charge is -2.42. The third-order valence-electron chi connectivity index (χ3n) is 9.11. The Balaban J connectivity index is 1.20. The molecule has 0 amide bonds. The van der Waals surface area contributed by atoms with E-state index in [0.717, 1.165) is 33.1 Å². The molecule has 0 saturated carbocycles. The number of aryl methyl sites for hydroxylation is 1. The molecule has 1 saturated heterocycles. The second-order valence-electron chi connectivity index (χ2n) is 12.7. The van der Waals surface area contributed by atoms with Crippen molar-refractivity contribution < 1.29 is 18.9 Å². The summed E-state index contributed by atoms with van der Waals surface area (Å²) in [6.45, 7) is 4.13. The van der Waals surface area contributed by atoms with Crippen LogP contribution in [0.25, 0.3) is 10.1 Å². The number of ether oxygens (including phenoxy) is 4. The lowest BCUT2D eigenvalue weighted by molar-refractivity contribution is -0.219. The van der Waals surface area contributed by atoms with E-state index in [1.807, 2.05) is 53.8 Å². The Hall–Kier alpha value is -3.62. The molecular formula is C43H41BrO4S. The summed E-state index contributed by atoms with van der Waals surface area (Å²) in [4.78, 5) is 1.34. The van der Waals surface area contributed by atoms with Crippen molar-refractivity contribution in [2.75, 3.05) is 6.61 Å². The molecule has 1 aliphatic rings. The fourth-order valence-electron chi connectivity index (χ4n) is 6.53. The number of fused-ring (bicyclic) bond motifs is 1. The minimum Gasteiger partial charge on any atom is -0.374 e. The van der Waals surface area contributed by atoms with Crippen molar-refractivity contribution in [2.45, 2.75) is 64.0 Å². The summed E-state index contributed by atoms with van der Waals surface area (Å²) < 4.78 is 29.2. The molecular weight excluding hydrogens is 692 g/mol. The maximum absolute atomic E-state index is 7.01. The zero-order valence-electron chi connectivity index (χ0n) is 27.7. The molecule has 0 unspecified atom stereocenters. The van der Waals surface area contributed by atoms with Crippen molar-refractivity contribution in [3.8, 4) is 0 Å². The van der Waals surface area contributed by atoms with Gasteiger partial charge in [-0.2, -0.15) is 0 Å². The average Bonchev–Trinajstić information content (AvgIpc) is 3.55. The van der Waals surface area contributed by atoms with E-state index in [2.05, 4.69) is 114 Å². The van der Waals surface area contributed by atoms with Crippen molar-refractivity contribution >= 4 is 37.4 Å². The van der Waals surface area contributed by atoms with Gasteiger partial charge < -0.3 is 18.9 Å². The molecule has 250 valence electrons. The van der Waals surface area contributed by atoms with E-state index in [-0.39, 0.29) is 24.4 Å². The maximum Gasteiger partial charge on any atom is 0.115 e. The number of halogens is 1. The number of hydrogen-bond acceptors (Lipinski definition) is 5. The largest absolute Gasteiger partial charge is 0.374 e. The Kier molecular flexibility index (Phi) is 11.3. The van der Waals surface area contributed by atoms with Crippen LogP contribution in [0.2, 0.25) is 0 Å². The summed E-state index contributed by atoms with van der Waals surface area (Å²) in [6, 6.07) is 46.4. The molecule has 0 N–H and O–H groups in total. The van der Waals surface area contributed by atoms with E-state index in [9.17, 15) is 0 Å². The van der Waals surface area contributed by atoms with Crippen molar-refractivity contribution in [1.29, 1.82) is 0 Å². The molecule has 6 aromatic rings. The van der Waals surface area contributed by atoms with Crippen molar-refractivity contribution in [3.63, 3.8) is 0 Å². The first-order valence-corrected chi connectivity index (χ1v) is 18.5. The minimum absolute atomic E-state index is 0.176. The molecule has 4 nitrogen and oxygen atoms in total. The van der Waals surface area contributed by atoms with E-state index in [1.54, 1.807) is 0 Å². The monoisotopic (exact) mass is 732 g/mol. The number of hydrogen-bond donors (Lipinski definition) is 0. The second kappa shape index (κ2) is 16.4. The molecule has 0 spiro atoms. The fraction of sp³-hybridized carbons (Fsp3) is 0.256. The van der Waals surface area contributed by atoms with Gasteiger partial charge in [0.1, 0.15) is 12.2 Å². The Bertz CT molecular complexity index is 1900. The van der Waals surface area contributed by atoms with Gasteiger partial charge in [-0.3, -0.25) is 0 Å². The molecule has 1 aliphatic heterocycles. The van der Waals surface area contributed by atoms with E-state index in [1.165, 1.54) is 26.1 Å². The van der Waals surface area contributed by atoms with Gasteiger partial charge in [-0.15, -0.1) is 11.3 Å². The van der Waals surface area contributed by atoms with Crippen LogP contribution >= 0.6 is 27.3 Å². The lowest BCUT2D eigenvalue weighted by Crippen LogP contribution is -2.47. The smallest absolute Gasteiger partial charge is 0.115 e. The molecule has 5 aromatic carbocycles. The molecule has 4 atom stereocenters. The first-order chi connectivity index (χ1) is 24.1. The summed E-state index contributed by atoms with van der Waals surface area (Å²) in [5.41, 5.74) is 6.98. The fourth-order valence-corrected chi connectivity index (χ4v) is 8.30. The second-order valence-corrected chi connectivity index (χ2v) is 14.8. The molecule has 0 bridgehead atoms. The Morgan fingerprint density at radius 2 is 1.33 bits per heavy atom. The normalized spacial score (nSPS) is 19.3. The summed E-state index contributed by atoms with van der Waals surface area (Å²) in [5.74, 6) is 0. The standard InChI is InChI=1S/C43H41BrO4S/c1-30-21-39(44)38(24-35(30)23-37-22-34-19-11-12-20-41(34)49-37)42-43(47-28-33-17-9-4-10-18-33)40(46-27-32-15-7-3-8-16-32)25-36(48-42)29-45-26-31-13-5-2-6-14-31/h2-22,24,36,40,42-43H,23,25-29H2,1H3/t36-,40-,42-,43+/m0/s1. The Morgan fingerprint density at radius 3 is 2.00 bits per heavy atom. The van der Waals surface area contributed by atoms with Gasteiger partial charge in [0.25, 0.3) is 0 Å². The van der Waals surface area contributed by atoms with Crippen LogP contribution in [0.5, 0.6) is 0 Å². The highest BCUT2D eigenvalue weighted by atomic mass is 79.9. The molecule has 7 rings (SSSR count). The van der Waals surface area contributed by atoms with Crippen LogP contribution in [-0.2, 0) is 45.2 Å². The quantitative estimate of drug-likeness (QED) is 0.118. The molecule has 1 aromatic heterocycles. The summed E-state index contributed by atoms with van der Waals surface area (Å²) in [5, 5.41) is 1.29. The van der Waals surface area contributed by atoms with Gasteiger partial charge >= 0.3 is 0 Å². The van der Waals surface area contributed by atoms with Crippen LogP contribution in [0.3, 0.4) is 0 Å². The number of thiophene rings is 1. The van der Waals surface area contributed by atoms with Crippen LogP contribution in [-0.4, -0.2) is 24.9 Å². The van der Waals surface area contributed by atoms with E-state index in [0.29, 0.717) is 32.8 Å². The molecule has 49 heavy (non-hydrogen) atoms. The maximum atomic E-state index is 7.01. The third kappa shape index (κ3) is 8.76. The predicted octanol–water partition coefficient (Wildman–Crippen LogP) is 10.8. The Labute approximate surface area is 301 Å². The van der Waals surface area contributed by atoms with Gasteiger partial charge in [-0.1, -0.05) is 131 Å². The molecule has 1 fully saturated rings. The summed E-state index contributed by atoms with van der Waals surface area (Å²) >= 11 is 5.81. The van der Waals surface area contributed by atoms with Crippen LogP contribution in [0.1, 0.15) is 50.8 Å². The lowest BCUT2D eigenvalue weighted by atomic mass is 9.90. The molecule has 0 radical (unpaired) electrons. The first-order valence-electron chi connectivity index (χ1n) is 16.9. The highest BCUT2D eigenvalue weighted by molar-refractivity contribution is 9.10. The van der Waals surface area contributed by atoms with E-state index in [4.69, 9.17) is 18.9 Å². The topological polar surface area (TPSA) is 36.9 Å². The Morgan fingerprint density at radius 1 is 0.714 bits per heavy atom.